The normalized spacial score (nSPS) is 12.8. The molecule has 3 aromatic rings. The first kappa shape index (κ1) is 25.3. The van der Waals surface area contributed by atoms with Crippen LogP contribution in [-0.2, 0) is 14.8 Å². The van der Waals surface area contributed by atoms with E-state index in [0.717, 1.165) is 0 Å². The molecule has 1 amide bonds. The number of fused-ring (bicyclic) bond motifs is 1. The van der Waals surface area contributed by atoms with Gasteiger partial charge < -0.3 is 20.1 Å². The predicted octanol–water partition coefficient (Wildman–Crippen LogP) is 3.79. The fourth-order valence-corrected chi connectivity index (χ4v) is 5.56. The zero-order valence-corrected chi connectivity index (χ0v) is 21.0. The number of rotatable bonds is 7. The zero-order valence-electron chi connectivity index (χ0n) is 19.4. The lowest BCUT2D eigenvalue weighted by Crippen LogP contribution is -2.39. The van der Waals surface area contributed by atoms with Gasteiger partial charge in [0.15, 0.2) is 0 Å². The second kappa shape index (κ2) is 10.4. The lowest BCUT2D eigenvalue weighted by molar-refractivity contribution is 0.0519. The number of hydrogen-bond acceptors (Lipinski definition) is 8. The second-order valence-electron chi connectivity index (χ2n) is 7.64. The van der Waals surface area contributed by atoms with Crippen LogP contribution in [0.2, 0.25) is 5.02 Å². The highest BCUT2D eigenvalue weighted by Crippen LogP contribution is 2.37. The van der Waals surface area contributed by atoms with Crippen molar-refractivity contribution in [1.82, 2.24) is 4.98 Å². The highest BCUT2D eigenvalue weighted by atomic mass is 35.5. The number of carbonyl (C=O) groups excluding carboxylic acids is 2. The number of amides is 1. The molecule has 10 nitrogen and oxygen atoms in total. The van der Waals surface area contributed by atoms with Crippen molar-refractivity contribution in [2.75, 3.05) is 41.7 Å². The van der Waals surface area contributed by atoms with Crippen molar-refractivity contribution in [3.05, 3.63) is 71.0 Å². The van der Waals surface area contributed by atoms with Crippen molar-refractivity contribution in [3.8, 4) is 5.75 Å². The Morgan fingerprint density at radius 1 is 1.17 bits per heavy atom. The number of ether oxygens (including phenoxy) is 2. The van der Waals surface area contributed by atoms with Crippen LogP contribution in [0.4, 0.5) is 17.1 Å². The van der Waals surface area contributed by atoms with Gasteiger partial charge in [0, 0.05) is 17.1 Å². The number of carbonyl (C=O) groups is 2. The van der Waals surface area contributed by atoms with Gasteiger partial charge >= 0.3 is 5.97 Å². The van der Waals surface area contributed by atoms with Gasteiger partial charge in [-0.25, -0.2) is 18.2 Å². The van der Waals surface area contributed by atoms with Crippen LogP contribution in [0.3, 0.4) is 0 Å². The van der Waals surface area contributed by atoms with Crippen LogP contribution in [-0.4, -0.2) is 52.1 Å². The molecule has 0 saturated carbocycles. The van der Waals surface area contributed by atoms with Crippen molar-refractivity contribution in [2.45, 2.75) is 11.8 Å². The maximum Gasteiger partial charge on any atom is 0.356 e. The molecule has 2 aromatic carbocycles. The molecule has 0 atom stereocenters. The van der Waals surface area contributed by atoms with E-state index in [0.29, 0.717) is 23.6 Å². The number of methoxy groups -OCH3 is 1. The molecule has 0 saturated heterocycles. The smallest absolute Gasteiger partial charge is 0.356 e. The second-order valence-corrected chi connectivity index (χ2v) is 9.90. The zero-order chi connectivity index (χ0) is 25.9. The molecule has 0 fully saturated rings. The third-order valence-electron chi connectivity index (χ3n) is 5.36. The molecular formula is C24H23ClN4O6S. The van der Waals surface area contributed by atoms with Gasteiger partial charge in [-0.3, -0.25) is 9.10 Å². The van der Waals surface area contributed by atoms with E-state index in [1.165, 1.54) is 47.9 Å². The summed E-state index contributed by atoms with van der Waals surface area (Å²) in [5.41, 5.74) is 1.57. The summed E-state index contributed by atoms with van der Waals surface area (Å²) in [6.45, 7) is 2.43. The summed E-state index contributed by atoms with van der Waals surface area (Å²) in [6.07, 6.45) is 1.34. The quantitative estimate of drug-likeness (QED) is 0.442. The maximum atomic E-state index is 13.6. The van der Waals surface area contributed by atoms with Gasteiger partial charge in [-0.2, -0.15) is 0 Å². The highest BCUT2D eigenvalue weighted by Gasteiger charge is 2.32. The van der Waals surface area contributed by atoms with E-state index >= 15 is 0 Å². The number of hydrogen-bond donors (Lipinski definition) is 2. The number of benzene rings is 2. The minimum atomic E-state index is -4.06. The van der Waals surface area contributed by atoms with Crippen LogP contribution in [0.5, 0.6) is 5.75 Å². The Hall–Kier alpha value is -3.83. The average molecular weight is 531 g/mol. The number of halogens is 1. The highest BCUT2D eigenvalue weighted by molar-refractivity contribution is 7.93. The first-order chi connectivity index (χ1) is 17.2. The van der Waals surface area contributed by atoms with E-state index in [2.05, 4.69) is 15.6 Å². The van der Waals surface area contributed by atoms with Crippen molar-refractivity contribution in [2.24, 2.45) is 0 Å². The number of nitrogens with zero attached hydrogens (tertiary/aromatic N) is 2. The van der Waals surface area contributed by atoms with Crippen molar-refractivity contribution in [3.63, 3.8) is 0 Å². The van der Waals surface area contributed by atoms with E-state index in [1.807, 2.05) is 0 Å². The van der Waals surface area contributed by atoms with Gasteiger partial charge in [0.05, 0.1) is 43.5 Å². The monoisotopic (exact) mass is 530 g/mol. The van der Waals surface area contributed by atoms with Gasteiger partial charge in [-0.1, -0.05) is 11.6 Å². The first-order valence-electron chi connectivity index (χ1n) is 10.9. The molecule has 0 spiro atoms. The SMILES string of the molecule is CCOC(=O)c1ccc(NC(=O)c2ccc3c(c2)N(S(=O)(=O)c2cc(Cl)ccc2OC)CCN3)cn1. The molecule has 12 heteroatoms. The maximum absolute atomic E-state index is 13.6. The Morgan fingerprint density at radius 2 is 1.97 bits per heavy atom. The minimum Gasteiger partial charge on any atom is -0.495 e. The van der Waals surface area contributed by atoms with Crippen LogP contribution < -0.4 is 19.7 Å². The molecule has 188 valence electrons. The molecule has 2 N–H and O–H groups in total. The molecule has 36 heavy (non-hydrogen) atoms. The van der Waals surface area contributed by atoms with E-state index in [9.17, 15) is 18.0 Å². The van der Waals surface area contributed by atoms with Crippen LogP contribution in [0, 0.1) is 0 Å². The summed E-state index contributed by atoms with van der Waals surface area (Å²) in [5, 5.41) is 6.10. The van der Waals surface area contributed by atoms with Crippen LogP contribution >= 0.6 is 11.6 Å². The Bertz CT molecular complexity index is 1410. The number of sulfonamides is 1. The van der Waals surface area contributed by atoms with Gasteiger partial charge in [0.25, 0.3) is 15.9 Å². The van der Waals surface area contributed by atoms with Gasteiger partial charge in [0.1, 0.15) is 16.3 Å². The van der Waals surface area contributed by atoms with E-state index < -0.39 is 21.9 Å². The van der Waals surface area contributed by atoms with Crippen molar-refractivity contribution >= 4 is 50.6 Å². The van der Waals surface area contributed by atoms with Crippen molar-refractivity contribution < 1.29 is 27.5 Å². The Labute approximate surface area is 213 Å². The van der Waals surface area contributed by atoms with Gasteiger partial charge in [0.2, 0.25) is 0 Å². The van der Waals surface area contributed by atoms with E-state index in [4.69, 9.17) is 21.1 Å². The average Bonchev–Trinajstić information content (AvgIpc) is 2.88. The summed E-state index contributed by atoms with van der Waals surface area (Å²) in [7, 11) is -2.68. The topological polar surface area (TPSA) is 127 Å². The summed E-state index contributed by atoms with van der Waals surface area (Å²) >= 11 is 6.07. The molecule has 2 heterocycles. The molecule has 4 rings (SSSR count). The van der Waals surface area contributed by atoms with Crippen LogP contribution in [0.15, 0.2) is 59.6 Å². The Balaban J connectivity index is 1.62. The molecule has 0 bridgehead atoms. The lowest BCUT2D eigenvalue weighted by atomic mass is 10.1. The van der Waals surface area contributed by atoms with Crippen molar-refractivity contribution in [1.29, 1.82) is 0 Å². The van der Waals surface area contributed by atoms with Crippen LogP contribution in [0.25, 0.3) is 0 Å². The first-order valence-corrected chi connectivity index (χ1v) is 12.7. The molecule has 1 aliphatic rings. The summed E-state index contributed by atoms with van der Waals surface area (Å²) in [5.74, 6) is -0.880. The number of nitrogens with one attached hydrogen (secondary N) is 2. The molecule has 1 aromatic heterocycles. The largest absolute Gasteiger partial charge is 0.495 e. The third kappa shape index (κ3) is 5.07. The lowest BCUT2D eigenvalue weighted by Gasteiger charge is -2.32. The van der Waals surface area contributed by atoms with Gasteiger partial charge in [-0.15, -0.1) is 0 Å². The third-order valence-corrected chi connectivity index (χ3v) is 7.43. The molecule has 0 unspecified atom stereocenters. The summed E-state index contributed by atoms with van der Waals surface area (Å²) in [4.78, 5) is 28.6. The number of pyridine rings is 1. The Morgan fingerprint density at radius 3 is 2.67 bits per heavy atom. The predicted molar refractivity (Wildman–Crippen MR) is 136 cm³/mol. The minimum absolute atomic E-state index is 0.0760. The summed E-state index contributed by atoms with van der Waals surface area (Å²) in [6, 6.07) is 12.1. The molecule has 0 aliphatic carbocycles. The van der Waals surface area contributed by atoms with E-state index in [-0.39, 0.29) is 40.1 Å². The summed E-state index contributed by atoms with van der Waals surface area (Å²) < 4.78 is 38.6. The Kier molecular flexibility index (Phi) is 7.32. The fraction of sp³-hybridized carbons (Fsp3) is 0.208. The van der Waals surface area contributed by atoms with E-state index in [1.54, 1.807) is 25.1 Å². The molecule has 0 radical (unpaired) electrons. The number of esters is 1. The molecular weight excluding hydrogens is 508 g/mol. The van der Waals surface area contributed by atoms with Crippen LogP contribution in [0.1, 0.15) is 27.8 Å². The standard InChI is InChI=1S/C24H23ClN4O6S/c1-3-35-24(31)19-8-6-17(14-27-19)28-23(30)15-4-7-18-20(12-15)29(11-10-26-18)36(32,33)22-13-16(25)5-9-21(22)34-2/h4-9,12-14,26H,3,10-11H2,1-2H3,(H,28,30). The number of anilines is 3. The fourth-order valence-electron chi connectivity index (χ4n) is 3.66. The van der Waals surface area contributed by atoms with Gasteiger partial charge in [-0.05, 0) is 55.5 Å². The number of aromatic nitrogens is 1. The molecule has 1 aliphatic heterocycles.